The molecule has 1 aliphatic carbocycles. The molecule has 2 heterocycles. The molecule has 1 unspecified atom stereocenters. The van der Waals surface area contributed by atoms with E-state index in [2.05, 4.69) is 39.7 Å². The standard InChI is InChI=1S/C25H28N4O2/c30-25(27-23(19-9-3-1-4-10-19)20-11-5-2-6-12-20)29-15-7-8-18(17-29)16-22-26-24(28-31-22)21-13-14-21/h1-6,9-12,18,21,23H,7-8,13-17H2,(H,27,30). The lowest BCUT2D eigenvalue weighted by atomic mass is 9.94. The number of benzene rings is 2. The number of hydrogen-bond acceptors (Lipinski definition) is 4. The molecule has 0 bridgehead atoms. The first-order chi connectivity index (χ1) is 15.3. The zero-order valence-corrected chi connectivity index (χ0v) is 17.6. The Kier molecular flexibility index (Phi) is 5.69. The van der Waals surface area contributed by atoms with Crippen LogP contribution in [-0.4, -0.2) is 34.2 Å². The van der Waals surface area contributed by atoms with Crippen molar-refractivity contribution < 1.29 is 9.32 Å². The van der Waals surface area contributed by atoms with Crippen LogP contribution < -0.4 is 5.32 Å². The predicted molar refractivity (Wildman–Crippen MR) is 118 cm³/mol. The normalized spacial score (nSPS) is 18.9. The summed E-state index contributed by atoms with van der Waals surface area (Å²) in [7, 11) is 0. The fourth-order valence-electron chi connectivity index (χ4n) is 4.39. The van der Waals surface area contributed by atoms with Crippen molar-refractivity contribution in [2.75, 3.05) is 13.1 Å². The Labute approximate surface area is 182 Å². The molecule has 6 heteroatoms. The second-order valence-electron chi connectivity index (χ2n) is 8.68. The summed E-state index contributed by atoms with van der Waals surface area (Å²) in [5.74, 6) is 2.41. The molecule has 1 aliphatic heterocycles. The van der Waals surface area contributed by atoms with Crippen molar-refractivity contribution in [1.82, 2.24) is 20.4 Å². The van der Waals surface area contributed by atoms with Crippen LogP contribution in [0.5, 0.6) is 0 Å². The topological polar surface area (TPSA) is 71.3 Å². The third-order valence-electron chi connectivity index (χ3n) is 6.23. The van der Waals surface area contributed by atoms with Crippen LogP contribution in [0, 0.1) is 5.92 Å². The fourth-order valence-corrected chi connectivity index (χ4v) is 4.39. The third kappa shape index (κ3) is 4.79. The molecule has 0 radical (unpaired) electrons. The quantitative estimate of drug-likeness (QED) is 0.632. The molecule has 5 rings (SSSR count). The van der Waals surface area contributed by atoms with Crippen molar-refractivity contribution in [2.24, 2.45) is 5.92 Å². The molecule has 2 aliphatic rings. The molecule has 2 fully saturated rings. The molecule has 2 amide bonds. The van der Waals surface area contributed by atoms with Gasteiger partial charge in [-0.15, -0.1) is 0 Å². The molecule has 160 valence electrons. The van der Waals surface area contributed by atoms with Crippen molar-refractivity contribution in [3.05, 3.63) is 83.5 Å². The maximum atomic E-state index is 13.2. The number of carbonyl (C=O) groups is 1. The number of urea groups is 1. The summed E-state index contributed by atoms with van der Waals surface area (Å²) in [6, 6.07) is 20.1. The Morgan fingerprint density at radius 2 is 1.71 bits per heavy atom. The molecule has 31 heavy (non-hydrogen) atoms. The zero-order valence-electron chi connectivity index (χ0n) is 17.6. The zero-order chi connectivity index (χ0) is 21.0. The number of nitrogens with zero attached hydrogens (tertiary/aromatic N) is 3. The number of carbonyl (C=O) groups excluding carboxylic acids is 1. The number of rotatable bonds is 6. The molecule has 2 aromatic carbocycles. The maximum absolute atomic E-state index is 13.2. The third-order valence-corrected chi connectivity index (χ3v) is 6.23. The summed E-state index contributed by atoms with van der Waals surface area (Å²) in [6.45, 7) is 1.49. The van der Waals surface area contributed by atoms with Gasteiger partial charge in [-0.05, 0) is 42.7 Å². The van der Waals surface area contributed by atoms with Gasteiger partial charge in [0, 0.05) is 25.4 Å². The Morgan fingerprint density at radius 3 is 2.35 bits per heavy atom. The number of piperidine rings is 1. The lowest BCUT2D eigenvalue weighted by Crippen LogP contribution is -2.47. The van der Waals surface area contributed by atoms with Gasteiger partial charge in [-0.2, -0.15) is 4.98 Å². The Hall–Kier alpha value is -3.15. The molecular weight excluding hydrogens is 388 g/mol. The summed E-state index contributed by atoms with van der Waals surface area (Å²) in [6.07, 6.45) is 5.14. The molecule has 1 saturated heterocycles. The summed E-state index contributed by atoms with van der Waals surface area (Å²) in [4.78, 5) is 19.7. The van der Waals surface area contributed by atoms with Gasteiger partial charge in [0.25, 0.3) is 0 Å². The van der Waals surface area contributed by atoms with Gasteiger partial charge < -0.3 is 14.7 Å². The largest absolute Gasteiger partial charge is 0.339 e. The van der Waals surface area contributed by atoms with E-state index in [-0.39, 0.29) is 12.1 Å². The van der Waals surface area contributed by atoms with Gasteiger partial charge in [0.15, 0.2) is 5.82 Å². The van der Waals surface area contributed by atoms with E-state index in [0.717, 1.165) is 42.8 Å². The first-order valence-electron chi connectivity index (χ1n) is 11.2. The summed E-state index contributed by atoms with van der Waals surface area (Å²) in [5, 5.41) is 7.39. The van der Waals surface area contributed by atoms with E-state index in [0.29, 0.717) is 24.3 Å². The van der Waals surface area contributed by atoms with E-state index in [1.54, 1.807) is 0 Å². The smallest absolute Gasteiger partial charge is 0.318 e. The van der Waals surface area contributed by atoms with Crippen LogP contribution in [0.3, 0.4) is 0 Å². The average molecular weight is 417 g/mol. The van der Waals surface area contributed by atoms with Gasteiger partial charge in [0.05, 0.1) is 6.04 Å². The molecular formula is C25H28N4O2. The number of aromatic nitrogens is 2. The lowest BCUT2D eigenvalue weighted by molar-refractivity contribution is 0.159. The summed E-state index contributed by atoms with van der Waals surface area (Å²) in [5.41, 5.74) is 2.16. The van der Waals surface area contributed by atoms with Gasteiger partial charge in [-0.1, -0.05) is 65.8 Å². The Balaban J connectivity index is 1.25. The van der Waals surface area contributed by atoms with E-state index in [9.17, 15) is 4.79 Å². The minimum atomic E-state index is -0.174. The molecule has 0 spiro atoms. The van der Waals surface area contributed by atoms with Gasteiger partial charge >= 0.3 is 6.03 Å². The van der Waals surface area contributed by atoms with Crippen LogP contribution in [0.15, 0.2) is 65.2 Å². The van der Waals surface area contributed by atoms with Crippen molar-refractivity contribution in [3.63, 3.8) is 0 Å². The molecule has 1 atom stereocenters. The number of nitrogens with one attached hydrogen (secondary N) is 1. The van der Waals surface area contributed by atoms with Crippen molar-refractivity contribution in [3.8, 4) is 0 Å². The molecule has 3 aromatic rings. The summed E-state index contributed by atoms with van der Waals surface area (Å²) >= 11 is 0. The van der Waals surface area contributed by atoms with Crippen molar-refractivity contribution in [2.45, 2.75) is 44.1 Å². The lowest BCUT2D eigenvalue weighted by Gasteiger charge is -2.33. The van der Waals surface area contributed by atoms with Crippen LogP contribution in [0.2, 0.25) is 0 Å². The first-order valence-corrected chi connectivity index (χ1v) is 11.2. The molecule has 6 nitrogen and oxygen atoms in total. The highest BCUT2D eigenvalue weighted by molar-refractivity contribution is 5.75. The van der Waals surface area contributed by atoms with E-state index < -0.39 is 0 Å². The molecule has 1 N–H and O–H groups in total. The van der Waals surface area contributed by atoms with Crippen LogP contribution in [0.1, 0.15) is 60.5 Å². The second kappa shape index (κ2) is 8.92. The first kappa shape index (κ1) is 19.8. The molecule has 1 aromatic heterocycles. The van der Waals surface area contributed by atoms with Gasteiger partial charge in [-0.25, -0.2) is 4.79 Å². The maximum Gasteiger partial charge on any atom is 0.318 e. The number of likely N-dealkylation sites (tertiary alicyclic amines) is 1. The van der Waals surface area contributed by atoms with E-state index in [1.165, 1.54) is 12.8 Å². The Bertz CT molecular complexity index is 961. The van der Waals surface area contributed by atoms with Crippen molar-refractivity contribution >= 4 is 6.03 Å². The monoisotopic (exact) mass is 416 g/mol. The highest BCUT2D eigenvalue weighted by Crippen LogP contribution is 2.38. The van der Waals surface area contributed by atoms with Crippen LogP contribution >= 0.6 is 0 Å². The predicted octanol–water partition coefficient (Wildman–Crippen LogP) is 4.70. The Morgan fingerprint density at radius 1 is 1.03 bits per heavy atom. The fraction of sp³-hybridized carbons (Fsp3) is 0.400. The van der Waals surface area contributed by atoms with E-state index in [1.807, 2.05) is 41.3 Å². The summed E-state index contributed by atoms with van der Waals surface area (Å²) < 4.78 is 5.46. The second-order valence-corrected chi connectivity index (χ2v) is 8.68. The van der Waals surface area contributed by atoms with Crippen LogP contribution in [-0.2, 0) is 6.42 Å². The highest BCUT2D eigenvalue weighted by Gasteiger charge is 2.31. The van der Waals surface area contributed by atoms with E-state index in [4.69, 9.17) is 4.52 Å². The van der Waals surface area contributed by atoms with Gasteiger partial charge in [-0.3, -0.25) is 0 Å². The van der Waals surface area contributed by atoms with Crippen LogP contribution in [0.4, 0.5) is 4.79 Å². The SMILES string of the molecule is O=C(NC(c1ccccc1)c1ccccc1)N1CCCC(Cc2nc(C3CC3)no2)C1. The highest BCUT2D eigenvalue weighted by atomic mass is 16.5. The minimum absolute atomic E-state index is 0.0217. The van der Waals surface area contributed by atoms with Crippen molar-refractivity contribution in [1.29, 1.82) is 0 Å². The van der Waals surface area contributed by atoms with Crippen LogP contribution in [0.25, 0.3) is 0 Å². The molecule has 1 saturated carbocycles. The number of amides is 2. The minimum Gasteiger partial charge on any atom is -0.339 e. The number of hydrogen-bond donors (Lipinski definition) is 1. The van der Waals surface area contributed by atoms with Gasteiger partial charge in [0.1, 0.15) is 0 Å². The average Bonchev–Trinajstić information content (AvgIpc) is 3.57. The van der Waals surface area contributed by atoms with E-state index >= 15 is 0 Å². The van der Waals surface area contributed by atoms with Gasteiger partial charge in [0.2, 0.25) is 5.89 Å².